The molecule has 0 aliphatic heterocycles. The maximum absolute atomic E-state index is 11.5. The molecule has 18 heavy (non-hydrogen) atoms. The van der Waals surface area contributed by atoms with Gasteiger partial charge >= 0.3 is 12.1 Å². The third-order valence-corrected chi connectivity index (χ3v) is 1.87. The van der Waals surface area contributed by atoms with Gasteiger partial charge in [0.05, 0.1) is 0 Å². The Morgan fingerprint density at radius 1 is 1.28 bits per heavy atom. The van der Waals surface area contributed by atoms with Crippen LogP contribution in [-0.4, -0.2) is 27.9 Å². The molecule has 1 aromatic carbocycles. The molecule has 0 heterocycles. The van der Waals surface area contributed by atoms with Crippen molar-refractivity contribution in [1.29, 1.82) is 0 Å². The summed E-state index contributed by atoms with van der Waals surface area (Å²) in [6, 6.07) is 3.73. The van der Waals surface area contributed by atoms with Crippen LogP contribution in [0.25, 0.3) is 0 Å². The van der Waals surface area contributed by atoms with Crippen LogP contribution in [0.2, 0.25) is 0 Å². The van der Waals surface area contributed by atoms with Crippen molar-refractivity contribution >= 4 is 17.7 Å². The van der Waals surface area contributed by atoms with Gasteiger partial charge in [0.25, 0.3) is 0 Å². The number of ether oxygens (including phenoxy) is 1. The predicted molar refractivity (Wildman–Crippen MR) is 64.9 cm³/mol. The highest BCUT2D eigenvalue weighted by Crippen LogP contribution is 2.21. The maximum atomic E-state index is 11.5. The minimum Gasteiger partial charge on any atom is -0.507 e. The number of hydrogen-bond acceptors (Lipinski definition) is 4. The third-order valence-electron chi connectivity index (χ3n) is 1.87. The molecule has 3 N–H and O–H groups in total. The predicted octanol–water partition coefficient (Wildman–Crippen LogP) is 2.44. The fraction of sp³-hybridized carbons (Fsp3) is 0.333. The third kappa shape index (κ3) is 3.97. The number of carboxylic acid groups (broad SMARTS) is 1. The van der Waals surface area contributed by atoms with Crippen molar-refractivity contribution in [1.82, 2.24) is 0 Å². The van der Waals surface area contributed by atoms with Gasteiger partial charge in [-0.15, -0.1) is 0 Å². The lowest BCUT2D eigenvalue weighted by atomic mass is 10.2. The zero-order valence-electron chi connectivity index (χ0n) is 10.4. The number of carbonyl (C=O) groups is 2. The van der Waals surface area contributed by atoms with Gasteiger partial charge in [-0.3, -0.25) is 5.32 Å². The quantitative estimate of drug-likeness (QED) is 0.703. The van der Waals surface area contributed by atoms with Crippen LogP contribution < -0.4 is 5.32 Å². The molecule has 0 fully saturated rings. The Morgan fingerprint density at radius 2 is 1.89 bits per heavy atom. The zero-order chi connectivity index (χ0) is 13.9. The van der Waals surface area contributed by atoms with Crippen molar-refractivity contribution in [2.45, 2.75) is 26.4 Å². The molecule has 0 aromatic heterocycles. The summed E-state index contributed by atoms with van der Waals surface area (Å²) in [6.07, 6.45) is -0.690. The Balaban J connectivity index is 2.83. The molecule has 0 unspecified atom stereocenters. The normalized spacial score (nSPS) is 10.8. The number of nitrogens with one attached hydrogen (secondary N) is 1. The summed E-state index contributed by atoms with van der Waals surface area (Å²) in [5.41, 5.74) is -0.695. The van der Waals surface area contributed by atoms with E-state index < -0.39 is 17.7 Å². The lowest BCUT2D eigenvalue weighted by Crippen LogP contribution is -2.27. The Hall–Kier alpha value is -2.24. The van der Waals surface area contributed by atoms with E-state index in [9.17, 15) is 14.7 Å². The minimum absolute atomic E-state index is 0.236. The number of aromatic hydroxyl groups is 1. The number of rotatable bonds is 2. The summed E-state index contributed by atoms with van der Waals surface area (Å²) in [4.78, 5) is 22.2. The summed E-state index contributed by atoms with van der Waals surface area (Å²) in [5, 5.41) is 20.5. The van der Waals surface area contributed by atoms with Crippen molar-refractivity contribution in [3.63, 3.8) is 0 Å². The minimum atomic E-state index is -1.28. The summed E-state index contributed by atoms with van der Waals surface area (Å²) in [7, 11) is 0. The average molecular weight is 253 g/mol. The Kier molecular flexibility index (Phi) is 3.80. The van der Waals surface area contributed by atoms with E-state index in [1.165, 1.54) is 12.1 Å². The van der Waals surface area contributed by atoms with E-state index in [4.69, 9.17) is 9.84 Å². The van der Waals surface area contributed by atoms with Gasteiger partial charge in [0, 0.05) is 5.69 Å². The molecule has 0 spiro atoms. The van der Waals surface area contributed by atoms with Crippen LogP contribution in [0.5, 0.6) is 5.75 Å². The Labute approximate surface area is 104 Å². The molecule has 1 rings (SSSR count). The van der Waals surface area contributed by atoms with Gasteiger partial charge < -0.3 is 14.9 Å². The number of carbonyl (C=O) groups excluding carboxylic acids is 1. The van der Waals surface area contributed by atoms with Crippen LogP contribution >= 0.6 is 0 Å². The van der Waals surface area contributed by atoms with Gasteiger partial charge in [-0.1, -0.05) is 0 Å². The van der Waals surface area contributed by atoms with E-state index in [0.717, 1.165) is 6.07 Å². The van der Waals surface area contributed by atoms with Crippen LogP contribution in [0.4, 0.5) is 10.5 Å². The van der Waals surface area contributed by atoms with Crippen molar-refractivity contribution < 1.29 is 24.5 Å². The number of phenols is 1. The highest BCUT2D eigenvalue weighted by molar-refractivity contribution is 5.94. The van der Waals surface area contributed by atoms with Gasteiger partial charge in [0.1, 0.15) is 16.9 Å². The maximum Gasteiger partial charge on any atom is 0.412 e. The molecule has 0 atom stereocenters. The monoisotopic (exact) mass is 253 g/mol. The summed E-state index contributed by atoms with van der Waals surface area (Å²) >= 11 is 0. The smallest absolute Gasteiger partial charge is 0.412 e. The molecular formula is C12H15NO5. The van der Waals surface area contributed by atoms with Crippen molar-refractivity contribution in [3.05, 3.63) is 23.8 Å². The van der Waals surface area contributed by atoms with Gasteiger partial charge in [0.15, 0.2) is 0 Å². The van der Waals surface area contributed by atoms with Crippen LogP contribution in [0, 0.1) is 0 Å². The molecule has 0 aliphatic rings. The van der Waals surface area contributed by atoms with Crippen molar-refractivity contribution in [2.75, 3.05) is 5.32 Å². The highest BCUT2D eigenvalue weighted by Gasteiger charge is 2.17. The standard InChI is InChI=1S/C12H15NO5/c1-12(2,3)18-11(17)13-7-4-5-9(14)8(6-7)10(15)16/h4-6,14H,1-3H3,(H,13,17)(H,15,16). The SMILES string of the molecule is CC(C)(C)OC(=O)Nc1ccc(O)c(C(=O)O)c1. The Bertz CT molecular complexity index is 476. The Morgan fingerprint density at radius 3 is 2.39 bits per heavy atom. The van der Waals surface area contributed by atoms with Crippen molar-refractivity contribution in [3.8, 4) is 5.75 Å². The topological polar surface area (TPSA) is 95.9 Å². The second-order valence-electron chi connectivity index (χ2n) is 4.66. The number of anilines is 1. The molecule has 0 bridgehead atoms. The number of carboxylic acids is 1. The molecule has 1 amide bonds. The van der Waals surface area contributed by atoms with Crippen LogP contribution in [0.15, 0.2) is 18.2 Å². The van der Waals surface area contributed by atoms with E-state index in [1.54, 1.807) is 20.8 Å². The molecule has 0 saturated heterocycles. The molecule has 6 nitrogen and oxygen atoms in total. The first-order valence-corrected chi connectivity index (χ1v) is 5.25. The summed E-state index contributed by atoms with van der Waals surface area (Å²) in [5.74, 6) is -1.64. The summed E-state index contributed by atoms with van der Waals surface area (Å²) < 4.78 is 5.01. The second kappa shape index (κ2) is 4.95. The van der Waals surface area contributed by atoms with E-state index in [2.05, 4.69) is 5.32 Å². The highest BCUT2D eigenvalue weighted by atomic mass is 16.6. The molecule has 1 aromatic rings. The van der Waals surface area contributed by atoms with E-state index in [0.29, 0.717) is 0 Å². The number of aromatic carboxylic acids is 1. The van der Waals surface area contributed by atoms with Crippen LogP contribution in [0.3, 0.4) is 0 Å². The van der Waals surface area contributed by atoms with E-state index in [-0.39, 0.29) is 17.0 Å². The van der Waals surface area contributed by atoms with Gasteiger partial charge in [0.2, 0.25) is 0 Å². The molecule has 0 radical (unpaired) electrons. The number of benzene rings is 1. The first-order chi connectivity index (χ1) is 8.19. The number of amides is 1. The van der Waals surface area contributed by atoms with Crippen LogP contribution in [-0.2, 0) is 4.74 Å². The van der Waals surface area contributed by atoms with Gasteiger partial charge in [-0.2, -0.15) is 0 Å². The molecule has 0 saturated carbocycles. The lowest BCUT2D eigenvalue weighted by molar-refractivity contribution is 0.0632. The first-order valence-electron chi connectivity index (χ1n) is 5.25. The summed E-state index contributed by atoms with van der Waals surface area (Å²) in [6.45, 7) is 5.14. The van der Waals surface area contributed by atoms with E-state index >= 15 is 0 Å². The molecule has 6 heteroatoms. The van der Waals surface area contributed by atoms with Crippen molar-refractivity contribution in [2.24, 2.45) is 0 Å². The first kappa shape index (κ1) is 13.8. The zero-order valence-corrected chi connectivity index (χ0v) is 10.4. The largest absolute Gasteiger partial charge is 0.507 e. The second-order valence-corrected chi connectivity index (χ2v) is 4.66. The lowest BCUT2D eigenvalue weighted by Gasteiger charge is -2.19. The molecular weight excluding hydrogens is 238 g/mol. The van der Waals surface area contributed by atoms with Gasteiger partial charge in [-0.25, -0.2) is 9.59 Å². The van der Waals surface area contributed by atoms with Crippen LogP contribution in [0.1, 0.15) is 31.1 Å². The molecule has 0 aliphatic carbocycles. The van der Waals surface area contributed by atoms with E-state index in [1.807, 2.05) is 0 Å². The average Bonchev–Trinajstić information content (AvgIpc) is 2.17. The molecule has 98 valence electrons. The fourth-order valence-corrected chi connectivity index (χ4v) is 1.21. The fourth-order valence-electron chi connectivity index (χ4n) is 1.21. The van der Waals surface area contributed by atoms with Gasteiger partial charge in [-0.05, 0) is 39.0 Å². The number of hydrogen-bond donors (Lipinski definition) is 3.